The summed E-state index contributed by atoms with van der Waals surface area (Å²) in [6.07, 6.45) is 6.71. The highest BCUT2D eigenvalue weighted by Gasteiger charge is 2.10. The Morgan fingerprint density at radius 2 is 2.00 bits per heavy atom. The fraction of sp³-hybridized carbons (Fsp3) is 0.0588. The largest absolute Gasteiger partial charge is 0.454 e. The maximum Gasteiger partial charge on any atom is 0.338 e. The van der Waals surface area contributed by atoms with Crippen LogP contribution in [0.3, 0.4) is 0 Å². The lowest BCUT2D eigenvalue weighted by Crippen LogP contribution is -2.07. The quantitative estimate of drug-likeness (QED) is 0.539. The van der Waals surface area contributed by atoms with Crippen LogP contribution in [0.2, 0.25) is 0 Å². The number of fused-ring (bicyclic) bond motifs is 1. The third-order valence-electron chi connectivity index (χ3n) is 3.54. The Balaban J connectivity index is 1.45. The van der Waals surface area contributed by atoms with E-state index in [1.807, 2.05) is 34.7 Å². The maximum atomic E-state index is 12.1. The molecule has 0 aliphatic rings. The Labute approximate surface area is 137 Å². The van der Waals surface area contributed by atoms with Crippen LogP contribution in [0.15, 0.2) is 67.5 Å². The van der Waals surface area contributed by atoms with Crippen molar-refractivity contribution in [1.82, 2.24) is 24.1 Å². The number of para-hydroxylation sites is 1. The fourth-order valence-corrected chi connectivity index (χ4v) is 2.33. The predicted molar refractivity (Wildman–Crippen MR) is 85.7 cm³/mol. The van der Waals surface area contributed by atoms with Crippen LogP contribution in [0.4, 0.5) is 0 Å². The molecule has 3 aromatic heterocycles. The molecule has 118 valence electrons. The van der Waals surface area contributed by atoms with Crippen LogP contribution >= 0.6 is 0 Å². The summed E-state index contributed by atoms with van der Waals surface area (Å²) in [5.41, 5.74) is 2.19. The van der Waals surface area contributed by atoms with E-state index in [-0.39, 0.29) is 6.61 Å². The zero-order valence-electron chi connectivity index (χ0n) is 12.6. The Morgan fingerprint density at radius 3 is 2.88 bits per heavy atom. The SMILES string of the molecule is O=C(OCc1ncn(-c2ccccc2)n1)c1ccn2cncc2c1. The number of esters is 1. The molecule has 0 atom stereocenters. The average Bonchev–Trinajstić information content (AvgIpc) is 3.29. The van der Waals surface area contributed by atoms with E-state index >= 15 is 0 Å². The summed E-state index contributed by atoms with van der Waals surface area (Å²) < 4.78 is 8.74. The topological polar surface area (TPSA) is 74.3 Å². The van der Waals surface area contributed by atoms with E-state index in [0.717, 1.165) is 11.2 Å². The highest BCUT2D eigenvalue weighted by molar-refractivity contribution is 5.90. The van der Waals surface area contributed by atoms with Crippen molar-refractivity contribution in [2.24, 2.45) is 0 Å². The molecule has 7 heteroatoms. The standard InChI is InChI=1S/C17H13N5O2/c23-17(13-6-7-21-11-18-9-15(21)8-13)24-10-16-19-12-22(20-16)14-4-2-1-3-5-14/h1-9,11-12H,10H2. The third kappa shape index (κ3) is 2.74. The van der Waals surface area contributed by atoms with Gasteiger partial charge in [-0.1, -0.05) is 18.2 Å². The van der Waals surface area contributed by atoms with Gasteiger partial charge in [-0.05, 0) is 24.3 Å². The van der Waals surface area contributed by atoms with Gasteiger partial charge in [0, 0.05) is 6.20 Å². The van der Waals surface area contributed by atoms with Gasteiger partial charge >= 0.3 is 5.97 Å². The van der Waals surface area contributed by atoms with E-state index in [4.69, 9.17) is 4.74 Å². The van der Waals surface area contributed by atoms with E-state index in [9.17, 15) is 4.79 Å². The molecule has 4 rings (SSSR count). The van der Waals surface area contributed by atoms with Crippen LogP contribution in [-0.4, -0.2) is 30.1 Å². The normalized spacial score (nSPS) is 10.8. The zero-order chi connectivity index (χ0) is 16.4. The van der Waals surface area contributed by atoms with Crippen molar-refractivity contribution in [2.75, 3.05) is 0 Å². The van der Waals surface area contributed by atoms with Gasteiger partial charge in [-0.25, -0.2) is 19.4 Å². The van der Waals surface area contributed by atoms with Crippen molar-refractivity contribution < 1.29 is 9.53 Å². The molecular formula is C17H13N5O2. The summed E-state index contributed by atoms with van der Waals surface area (Å²) >= 11 is 0. The maximum absolute atomic E-state index is 12.1. The van der Waals surface area contributed by atoms with Gasteiger partial charge in [0.05, 0.1) is 29.3 Å². The number of carbonyl (C=O) groups excluding carboxylic acids is 1. The Hall–Kier alpha value is -3.48. The second-order valence-electron chi connectivity index (χ2n) is 5.16. The molecule has 0 saturated carbocycles. The van der Waals surface area contributed by atoms with Gasteiger partial charge in [0.25, 0.3) is 0 Å². The highest BCUT2D eigenvalue weighted by atomic mass is 16.5. The van der Waals surface area contributed by atoms with E-state index in [1.54, 1.807) is 41.9 Å². The molecule has 0 saturated heterocycles. The second-order valence-corrected chi connectivity index (χ2v) is 5.16. The molecule has 7 nitrogen and oxygen atoms in total. The van der Waals surface area contributed by atoms with Crippen molar-refractivity contribution in [3.05, 3.63) is 78.9 Å². The number of hydrogen-bond donors (Lipinski definition) is 0. The van der Waals surface area contributed by atoms with Crippen molar-refractivity contribution in [3.63, 3.8) is 0 Å². The molecule has 0 N–H and O–H groups in total. The van der Waals surface area contributed by atoms with Crippen LogP contribution in [0.1, 0.15) is 16.2 Å². The van der Waals surface area contributed by atoms with Crippen molar-refractivity contribution in [1.29, 1.82) is 0 Å². The van der Waals surface area contributed by atoms with Crippen LogP contribution in [-0.2, 0) is 11.3 Å². The first-order chi connectivity index (χ1) is 11.8. The molecule has 4 aromatic rings. The predicted octanol–water partition coefficient (Wildman–Crippen LogP) is 2.27. The second kappa shape index (κ2) is 5.96. The molecule has 0 spiro atoms. The average molecular weight is 319 g/mol. The Bertz CT molecular complexity index is 990. The lowest BCUT2D eigenvalue weighted by Gasteiger charge is -2.03. The molecule has 0 fully saturated rings. The van der Waals surface area contributed by atoms with E-state index in [1.165, 1.54) is 0 Å². The monoisotopic (exact) mass is 319 g/mol. The number of carbonyl (C=O) groups is 1. The van der Waals surface area contributed by atoms with Gasteiger partial charge in [0.1, 0.15) is 6.33 Å². The number of aromatic nitrogens is 5. The highest BCUT2D eigenvalue weighted by Crippen LogP contribution is 2.10. The molecule has 0 amide bonds. The van der Waals surface area contributed by atoms with Crippen molar-refractivity contribution in [2.45, 2.75) is 6.61 Å². The molecule has 24 heavy (non-hydrogen) atoms. The number of rotatable bonds is 4. The first-order valence-corrected chi connectivity index (χ1v) is 7.34. The van der Waals surface area contributed by atoms with E-state index in [2.05, 4.69) is 15.1 Å². The van der Waals surface area contributed by atoms with Gasteiger partial charge in [-0.15, -0.1) is 5.10 Å². The molecule has 0 aliphatic heterocycles. The molecule has 0 radical (unpaired) electrons. The first-order valence-electron chi connectivity index (χ1n) is 7.34. The number of imidazole rings is 1. The lowest BCUT2D eigenvalue weighted by molar-refractivity contribution is 0.0462. The Kier molecular flexibility index (Phi) is 3.51. The minimum absolute atomic E-state index is 0.0170. The summed E-state index contributed by atoms with van der Waals surface area (Å²) in [6.45, 7) is 0.0170. The number of nitrogens with zero attached hydrogens (tertiary/aromatic N) is 5. The first kappa shape index (κ1) is 14.1. The number of pyridine rings is 1. The van der Waals surface area contributed by atoms with Crippen molar-refractivity contribution >= 4 is 11.5 Å². The molecule has 0 aliphatic carbocycles. The zero-order valence-corrected chi connectivity index (χ0v) is 12.6. The minimum atomic E-state index is -0.422. The van der Waals surface area contributed by atoms with Crippen LogP contribution in [0.25, 0.3) is 11.2 Å². The number of benzene rings is 1. The molecule has 0 bridgehead atoms. The van der Waals surface area contributed by atoms with Crippen LogP contribution < -0.4 is 0 Å². The van der Waals surface area contributed by atoms with Crippen LogP contribution in [0.5, 0.6) is 0 Å². The molecule has 3 heterocycles. The summed E-state index contributed by atoms with van der Waals surface area (Å²) in [7, 11) is 0. The Morgan fingerprint density at radius 1 is 1.12 bits per heavy atom. The summed E-state index contributed by atoms with van der Waals surface area (Å²) in [4.78, 5) is 20.3. The lowest BCUT2D eigenvalue weighted by atomic mass is 10.2. The van der Waals surface area contributed by atoms with E-state index in [0.29, 0.717) is 11.4 Å². The summed E-state index contributed by atoms with van der Waals surface area (Å²) in [5.74, 6) is 0.0207. The van der Waals surface area contributed by atoms with Gasteiger partial charge in [-0.3, -0.25) is 0 Å². The molecule has 0 unspecified atom stereocenters. The fourth-order valence-electron chi connectivity index (χ4n) is 2.33. The number of ether oxygens (including phenoxy) is 1. The van der Waals surface area contributed by atoms with Gasteiger partial charge in [-0.2, -0.15) is 0 Å². The summed E-state index contributed by atoms with van der Waals surface area (Å²) in [6, 6.07) is 13.0. The van der Waals surface area contributed by atoms with E-state index < -0.39 is 5.97 Å². The van der Waals surface area contributed by atoms with Gasteiger partial charge in [0.15, 0.2) is 12.4 Å². The molecular weight excluding hydrogens is 306 g/mol. The summed E-state index contributed by atoms with van der Waals surface area (Å²) in [5, 5.41) is 4.30. The van der Waals surface area contributed by atoms with Crippen LogP contribution in [0, 0.1) is 0 Å². The van der Waals surface area contributed by atoms with Gasteiger partial charge in [0.2, 0.25) is 0 Å². The molecule has 1 aromatic carbocycles. The third-order valence-corrected chi connectivity index (χ3v) is 3.54. The van der Waals surface area contributed by atoms with Gasteiger partial charge < -0.3 is 9.14 Å². The van der Waals surface area contributed by atoms with Crippen molar-refractivity contribution in [3.8, 4) is 5.69 Å². The minimum Gasteiger partial charge on any atom is -0.454 e. The smallest absolute Gasteiger partial charge is 0.338 e. The number of hydrogen-bond acceptors (Lipinski definition) is 5.